The van der Waals surface area contributed by atoms with Crippen LogP contribution in [0, 0.1) is 5.92 Å². The van der Waals surface area contributed by atoms with Gasteiger partial charge in [0.15, 0.2) is 0 Å². The number of unbranched alkanes of at least 4 members (excludes halogenated alkanes) is 2. The van der Waals surface area contributed by atoms with Gasteiger partial charge in [-0.2, -0.15) is 0 Å². The van der Waals surface area contributed by atoms with Crippen LogP contribution in [0.2, 0.25) is 0 Å². The van der Waals surface area contributed by atoms with Gasteiger partial charge < -0.3 is 10.4 Å². The summed E-state index contributed by atoms with van der Waals surface area (Å²) in [6.45, 7) is 3.74. The van der Waals surface area contributed by atoms with Crippen molar-refractivity contribution in [2.75, 3.05) is 0 Å². The minimum Gasteiger partial charge on any atom is -0.478 e. The van der Waals surface area contributed by atoms with E-state index >= 15 is 0 Å². The van der Waals surface area contributed by atoms with Gasteiger partial charge in [0.2, 0.25) is 0 Å². The van der Waals surface area contributed by atoms with E-state index in [9.17, 15) is 14.7 Å². The molecule has 1 atom stereocenters. The first kappa shape index (κ1) is 14.8. The molecule has 0 saturated carbocycles. The van der Waals surface area contributed by atoms with Crippen molar-refractivity contribution in [2.45, 2.75) is 39.5 Å². The molecular formula is C13H18ClNO3. The molecular weight excluding hydrogens is 254 g/mol. The Morgan fingerprint density at radius 1 is 1.50 bits per heavy atom. The summed E-state index contributed by atoms with van der Waals surface area (Å²) < 4.78 is 0. The minimum atomic E-state index is -0.995. The zero-order valence-electron chi connectivity index (χ0n) is 10.6. The largest absolute Gasteiger partial charge is 0.478 e. The molecule has 0 aromatic carbocycles. The average molecular weight is 272 g/mol. The Morgan fingerprint density at radius 2 is 2.17 bits per heavy atom. The number of allylic oxidation sites excluding steroid dienone is 2. The van der Waals surface area contributed by atoms with E-state index in [1.54, 1.807) is 6.92 Å². The SMILES string of the molecule is CCCCCC1C(C=O)=C(Cl)NC(C)=C1C(=O)O. The van der Waals surface area contributed by atoms with Gasteiger partial charge in [-0.05, 0) is 13.3 Å². The third kappa shape index (κ3) is 3.13. The van der Waals surface area contributed by atoms with Crippen molar-refractivity contribution in [3.8, 4) is 0 Å². The number of halogens is 1. The molecule has 0 radical (unpaired) electrons. The lowest BCUT2D eigenvalue weighted by Gasteiger charge is -2.26. The fraction of sp³-hybridized carbons (Fsp3) is 0.538. The molecule has 1 heterocycles. The van der Waals surface area contributed by atoms with Gasteiger partial charge in [-0.15, -0.1) is 0 Å². The second-order valence-corrected chi connectivity index (χ2v) is 4.78. The summed E-state index contributed by atoms with van der Waals surface area (Å²) in [4.78, 5) is 22.4. The summed E-state index contributed by atoms with van der Waals surface area (Å²) in [6, 6.07) is 0. The number of carbonyl (C=O) groups is 2. The number of hydrogen-bond donors (Lipinski definition) is 2. The lowest BCUT2D eigenvalue weighted by atomic mass is 9.84. The molecule has 0 bridgehead atoms. The van der Waals surface area contributed by atoms with Crippen LogP contribution in [0.1, 0.15) is 39.5 Å². The van der Waals surface area contributed by atoms with Gasteiger partial charge in [-0.3, -0.25) is 4.79 Å². The zero-order chi connectivity index (χ0) is 13.7. The van der Waals surface area contributed by atoms with Crippen molar-refractivity contribution >= 4 is 23.9 Å². The summed E-state index contributed by atoms with van der Waals surface area (Å²) in [5.41, 5.74) is 1.10. The van der Waals surface area contributed by atoms with E-state index in [4.69, 9.17) is 11.6 Å². The third-order valence-corrected chi connectivity index (χ3v) is 3.45. The summed E-state index contributed by atoms with van der Waals surface area (Å²) in [5.74, 6) is -1.40. The van der Waals surface area contributed by atoms with Gasteiger partial charge in [0.1, 0.15) is 11.4 Å². The molecule has 100 valence electrons. The van der Waals surface area contributed by atoms with Gasteiger partial charge in [-0.1, -0.05) is 37.8 Å². The predicted molar refractivity (Wildman–Crippen MR) is 70.0 cm³/mol. The monoisotopic (exact) mass is 271 g/mol. The van der Waals surface area contributed by atoms with Gasteiger partial charge in [0, 0.05) is 17.2 Å². The number of aliphatic carboxylic acids is 1. The van der Waals surface area contributed by atoms with Crippen molar-refractivity contribution < 1.29 is 14.7 Å². The first-order chi connectivity index (χ1) is 8.52. The quantitative estimate of drug-likeness (QED) is 0.443. The number of carboxylic acid groups (broad SMARTS) is 1. The van der Waals surface area contributed by atoms with Gasteiger partial charge in [0.05, 0.1) is 5.57 Å². The van der Waals surface area contributed by atoms with Crippen LogP contribution in [0.25, 0.3) is 0 Å². The molecule has 1 rings (SSSR count). The number of carboxylic acids is 1. The highest BCUT2D eigenvalue weighted by Gasteiger charge is 2.31. The summed E-state index contributed by atoms with van der Waals surface area (Å²) in [6.07, 6.45) is 4.23. The molecule has 1 unspecified atom stereocenters. The van der Waals surface area contributed by atoms with E-state index in [2.05, 4.69) is 12.2 Å². The summed E-state index contributed by atoms with van der Waals surface area (Å²) in [5, 5.41) is 12.2. The number of aldehydes is 1. The van der Waals surface area contributed by atoms with Crippen molar-refractivity contribution in [2.24, 2.45) is 5.92 Å². The Morgan fingerprint density at radius 3 is 2.67 bits per heavy atom. The maximum Gasteiger partial charge on any atom is 0.333 e. The minimum absolute atomic E-state index is 0.244. The van der Waals surface area contributed by atoms with Crippen LogP contribution in [0.4, 0.5) is 0 Å². The van der Waals surface area contributed by atoms with E-state index < -0.39 is 11.9 Å². The van der Waals surface area contributed by atoms with Crippen LogP contribution < -0.4 is 5.32 Å². The third-order valence-electron chi connectivity index (χ3n) is 3.13. The van der Waals surface area contributed by atoms with E-state index in [1.165, 1.54) is 0 Å². The molecule has 5 heteroatoms. The van der Waals surface area contributed by atoms with Crippen molar-refractivity contribution in [1.82, 2.24) is 5.32 Å². The average Bonchev–Trinajstić information content (AvgIpc) is 2.28. The van der Waals surface area contributed by atoms with Crippen LogP contribution in [0.5, 0.6) is 0 Å². The van der Waals surface area contributed by atoms with Crippen molar-refractivity contribution in [3.63, 3.8) is 0 Å². The van der Waals surface area contributed by atoms with E-state index in [0.29, 0.717) is 24.0 Å². The zero-order valence-corrected chi connectivity index (χ0v) is 11.4. The van der Waals surface area contributed by atoms with Crippen LogP contribution in [-0.4, -0.2) is 17.4 Å². The van der Waals surface area contributed by atoms with Crippen LogP contribution in [-0.2, 0) is 9.59 Å². The van der Waals surface area contributed by atoms with Crippen LogP contribution >= 0.6 is 11.6 Å². The molecule has 0 aliphatic carbocycles. The maximum atomic E-state index is 11.3. The molecule has 0 spiro atoms. The molecule has 1 aliphatic rings. The molecule has 18 heavy (non-hydrogen) atoms. The van der Waals surface area contributed by atoms with Crippen LogP contribution in [0.3, 0.4) is 0 Å². The van der Waals surface area contributed by atoms with Crippen LogP contribution in [0.15, 0.2) is 22.0 Å². The topological polar surface area (TPSA) is 66.4 Å². The highest BCUT2D eigenvalue weighted by Crippen LogP contribution is 2.33. The van der Waals surface area contributed by atoms with E-state index in [1.807, 2.05) is 0 Å². The maximum absolute atomic E-state index is 11.3. The molecule has 1 aliphatic heterocycles. The number of dihydropyridines is 1. The Hall–Kier alpha value is -1.29. The Labute approximate surface area is 112 Å². The lowest BCUT2D eigenvalue weighted by Crippen LogP contribution is -2.29. The number of carbonyl (C=O) groups excluding carboxylic acids is 1. The Bertz CT molecular complexity index is 412. The molecule has 2 N–H and O–H groups in total. The second-order valence-electron chi connectivity index (χ2n) is 4.40. The van der Waals surface area contributed by atoms with E-state index in [0.717, 1.165) is 19.3 Å². The fourth-order valence-corrected chi connectivity index (χ4v) is 2.53. The molecule has 4 nitrogen and oxygen atoms in total. The molecule has 0 saturated heterocycles. The molecule has 0 aromatic heterocycles. The van der Waals surface area contributed by atoms with E-state index in [-0.39, 0.29) is 10.7 Å². The molecule has 0 amide bonds. The number of hydrogen-bond acceptors (Lipinski definition) is 3. The number of rotatable bonds is 6. The molecule has 0 fully saturated rings. The first-order valence-corrected chi connectivity index (χ1v) is 6.46. The smallest absolute Gasteiger partial charge is 0.333 e. The summed E-state index contributed by atoms with van der Waals surface area (Å²) >= 11 is 5.97. The first-order valence-electron chi connectivity index (χ1n) is 6.08. The standard InChI is InChI=1S/C13H18ClNO3/c1-3-4-5-6-9-10(7-16)12(14)15-8(2)11(9)13(17)18/h7,9,15H,3-6H2,1-2H3,(H,17,18). The van der Waals surface area contributed by atoms with Crippen molar-refractivity contribution in [1.29, 1.82) is 0 Å². The molecule has 0 aromatic rings. The Kier molecular flexibility index (Phi) is 5.41. The Balaban J connectivity index is 3.02. The van der Waals surface area contributed by atoms with Gasteiger partial charge in [0.25, 0.3) is 0 Å². The highest BCUT2D eigenvalue weighted by atomic mass is 35.5. The van der Waals surface area contributed by atoms with Gasteiger partial charge in [-0.25, -0.2) is 4.79 Å². The fourth-order valence-electron chi connectivity index (χ4n) is 2.22. The lowest BCUT2D eigenvalue weighted by molar-refractivity contribution is -0.133. The second kappa shape index (κ2) is 6.59. The summed E-state index contributed by atoms with van der Waals surface area (Å²) in [7, 11) is 0. The predicted octanol–water partition coefficient (Wildman–Crippen LogP) is 2.79. The number of nitrogens with one attached hydrogen (secondary N) is 1. The van der Waals surface area contributed by atoms with Crippen molar-refractivity contribution in [3.05, 3.63) is 22.0 Å². The highest BCUT2D eigenvalue weighted by molar-refractivity contribution is 6.31. The van der Waals surface area contributed by atoms with Gasteiger partial charge >= 0.3 is 5.97 Å². The normalized spacial score (nSPS) is 19.8.